The van der Waals surface area contributed by atoms with Gasteiger partial charge in [-0.2, -0.15) is 0 Å². The van der Waals surface area contributed by atoms with Gasteiger partial charge in [-0.15, -0.1) is 0 Å². The Morgan fingerprint density at radius 3 is 2.53 bits per heavy atom. The van der Waals surface area contributed by atoms with Gasteiger partial charge in [-0.3, -0.25) is 14.6 Å². The molecule has 2 amide bonds. The zero-order chi connectivity index (χ0) is 14.1. The molecule has 1 heterocycles. The molecule has 0 unspecified atom stereocenters. The molecule has 5 nitrogen and oxygen atoms in total. The van der Waals surface area contributed by atoms with Crippen molar-refractivity contribution in [2.45, 2.75) is 26.7 Å². The summed E-state index contributed by atoms with van der Waals surface area (Å²) in [5.74, 6) is -0.969. The van der Waals surface area contributed by atoms with Crippen molar-refractivity contribution in [3.63, 3.8) is 0 Å². The fourth-order valence-electron chi connectivity index (χ4n) is 1.67. The molecule has 1 aromatic rings. The topological polar surface area (TPSA) is 62.3 Å². The van der Waals surface area contributed by atoms with Gasteiger partial charge in [0.25, 0.3) is 0 Å². The van der Waals surface area contributed by atoms with Crippen molar-refractivity contribution in [2.24, 2.45) is 0 Å². The minimum Gasteiger partial charge on any atom is -0.348 e. The van der Waals surface area contributed by atoms with Gasteiger partial charge in [0, 0.05) is 32.0 Å². The number of hydrogen-bond acceptors (Lipinski definition) is 3. The van der Waals surface area contributed by atoms with Crippen LogP contribution in [0, 0.1) is 0 Å². The maximum atomic E-state index is 11.9. The number of carbonyl (C=O) groups is 2. The summed E-state index contributed by atoms with van der Waals surface area (Å²) in [5.41, 5.74) is 1.11. The molecule has 0 aliphatic heterocycles. The standard InChI is InChI=1S/C14H21N3O2/c1-3-8-16-13(18)14(19)17(4-2)11-7-12-5-9-15-10-6-12/h5-6,9-10H,3-4,7-8,11H2,1-2H3,(H,16,18). The Morgan fingerprint density at radius 2 is 1.95 bits per heavy atom. The molecule has 0 aliphatic carbocycles. The van der Waals surface area contributed by atoms with Crippen LogP contribution in [0.3, 0.4) is 0 Å². The van der Waals surface area contributed by atoms with Crippen molar-refractivity contribution >= 4 is 11.8 Å². The number of carbonyl (C=O) groups excluding carboxylic acids is 2. The summed E-state index contributed by atoms with van der Waals surface area (Å²) in [6, 6.07) is 3.82. The van der Waals surface area contributed by atoms with Crippen molar-refractivity contribution in [1.82, 2.24) is 15.2 Å². The van der Waals surface area contributed by atoms with Crippen LogP contribution < -0.4 is 5.32 Å². The van der Waals surface area contributed by atoms with Crippen LogP contribution in [0.25, 0.3) is 0 Å². The zero-order valence-electron chi connectivity index (χ0n) is 11.6. The van der Waals surface area contributed by atoms with E-state index in [0.29, 0.717) is 19.6 Å². The smallest absolute Gasteiger partial charge is 0.311 e. The minimum absolute atomic E-state index is 0.454. The number of amides is 2. The largest absolute Gasteiger partial charge is 0.348 e. The first-order valence-electron chi connectivity index (χ1n) is 6.65. The van der Waals surface area contributed by atoms with Gasteiger partial charge in [0.2, 0.25) is 0 Å². The fraction of sp³-hybridized carbons (Fsp3) is 0.500. The highest BCUT2D eigenvalue weighted by atomic mass is 16.2. The quantitative estimate of drug-likeness (QED) is 0.779. The molecule has 19 heavy (non-hydrogen) atoms. The molecule has 0 saturated carbocycles. The molecular weight excluding hydrogens is 242 g/mol. The molecule has 0 spiro atoms. The lowest BCUT2D eigenvalue weighted by Gasteiger charge is -2.20. The Labute approximate surface area is 114 Å². The first-order chi connectivity index (χ1) is 9.19. The summed E-state index contributed by atoms with van der Waals surface area (Å²) >= 11 is 0. The van der Waals surface area contributed by atoms with E-state index in [0.717, 1.165) is 18.4 Å². The summed E-state index contributed by atoms with van der Waals surface area (Å²) in [5, 5.41) is 2.60. The predicted octanol–water partition coefficient (Wildman–Crippen LogP) is 0.999. The maximum absolute atomic E-state index is 11.9. The van der Waals surface area contributed by atoms with Gasteiger partial charge in [0.1, 0.15) is 0 Å². The van der Waals surface area contributed by atoms with Crippen LogP contribution in [-0.4, -0.2) is 41.3 Å². The van der Waals surface area contributed by atoms with Crippen LogP contribution in [-0.2, 0) is 16.0 Å². The maximum Gasteiger partial charge on any atom is 0.311 e. The van der Waals surface area contributed by atoms with E-state index in [1.165, 1.54) is 0 Å². The molecule has 0 aliphatic rings. The van der Waals surface area contributed by atoms with E-state index >= 15 is 0 Å². The molecule has 1 N–H and O–H groups in total. The van der Waals surface area contributed by atoms with E-state index in [2.05, 4.69) is 10.3 Å². The first-order valence-corrected chi connectivity index (χ1v) is 6.65. The summed E-state index contributed by atoms with van der Waals surface area (Å²) in [4.78, 5) is 29.0. The third kappa shape index (κ3) is 5.07. The van der Waals surface area contributed by atoms with Gasteiger partial charge < -0.3 is 10.2 Å². The lowest BCUT2D eigenvalue weighted by atomic mass is 10.2. The van der Waals surface area contributed by atoms with Crippen molar-refractivity contribution in [1.29, 1.82) is 0 Å². The molecule has 1 aromatic heterocycles. The van der Waals surface area contributed by atoms with E-state index < -0.39 is 11.8 Å². The lowest BCUT2D eigenvalue weighted by molar-refractivity contribution is -0.145. The molecule has 5 heteroatoms. The second-order valence-corrected chi connectivity index (χ2v) is 4.25. The van der Waals surface area contributed by atoms with Gasteiger partial charge in [-0.05, 0) is 37.5 Å². The van der Waals surface area contributed by atoms with E-state index in [4.69, 9.17) is 0 Å². The van der Waals surface area contributed by atoms with Crippen LogP contribution in [0.15, 0.2) is 24.5 Å². The molecule has 0 radical (unpaired) electrons. The molecule has 0 fully saturated rings. The Bertz CT molecular complexity index is 406. The van der Waals surface area contributed by atoms with E-state index in [1.807, 2.05) is 26.0 Å². The van der Waals surface area contributed by atoms with Gasteiger partial charge in [0.15, 0.2) is 0 Å². The number of rotatable bonds is 6. The number of pyridine rings is 1. The van der Waals surface area contributed by atoms with Gasteiger partial charge in [-0.25, -0.2) is 0 Å². The van der Waals surface area contributed by atoms with Gasteiger partial charge >= 0.3 is 11.8 Å². The SMILES string of the molecule is CCCNC(=O)C(=O)N(CC)CCc1ccncc1. The first kappa shape index (κ1) is 15.1. The normalized spacial score (nSPS) is 10.0. The van der Waals surface area contributed by atoms with E-state index in [9.17, 15) is 9.59 Å². The highest BCUT2D eigenvalue weighted by Gasteiger charge is 2.19. The van der Waals surface area contributed by atoms with Crippen LogP contribution >= 0.6 is 0 Å². The lowest BCUT2D eigenvalue weighted by Crippen LogP contribution is -2.43. The zero-order valence-corrected chi connectivity index (χ0v) is 11.6. The molecule has 0 bridgehead atoms. The van der Waals surface area contributed by atoms with Crippen LogP contribution in [0.5, 0.6) is 0 Å². The summed E-state index contributed by atoms with van der Waals surface area (Å²) in [6.07, 6.45) is 4.99. The molecule has 0 aromatic carbocycles. The highest BCUT2D eigenvalue weighted by Crippen LogP contribution is 2.00. The molecule has 0 atom stereocenters. The number of likely N-dealkylation sites (N-methyl/N-ethyl adjacent to an activating group) is 1. The van der Waals surface area contributed by atoms with Crippen molar-refractivity contribution < 1.29 is 9.59 Å². The van der Waals surface area contributed by atoms with E-state index in [-0.39, 0.29) is 0 Å². The van der Waals surface area contributed by atoms with Crippen molar-refractivity contribution in [3.05, 3.63) is 30.1 Å². The highest BCUT2D eigenvalue weighted by molar-refractivity contribution is 6.34. The third-order valence-electron chi connectivity index (χ3n) is 2.82. The van der Waals surface area contributed by atoms with Crippen molar-refractivity contribution in [2.75, 3.05) is 19.6 Å². The van der Waals surface area contributed by atoms with E-state index in [1.54, 1.807) is 17.3 Å². The Hall–Kier alpha value is -1.91. The number of hydrogen-bond donors (Lipinski definition) is 1. The molecule has 0 saturated heterocycles. The molecular formula is C14H21N3O2. The summed E-state index contributed by atoms with van der Waals surface area (Å²) in [6.45, 7) is 5.43. The Kier molecular flexibility index (Phi) is 6.57. The van der Waals surface area contributed by atoms with Crippen LogP contribution in [0.4, 0.5) is 0 Å². The Balaban J connectivity index is 2.48. The number of nitrogens with one attached hydrogen (secondary N) is 1. The second kappa shape index (κ2) is 8.24. The molecule has 1 rings (SSSR count). The monoisotopic (exact) mass is 263 g/mol. The fourth-order valence-corrected chi connectivity index (χ4v) is 1.67. The van der Waals surface area contributed by atoms with Crippen LogP contribution in [0.2, 0.25) is 0 Å². The van der Waals surface area contributed by atoms with Crippen LogP contribution in [0.1, 0.15) is 25.8 Å². The third-order valence-corrected chi connectivity index (χ3v) is 2.82. The average Bonchev–Trinajstić information content (AvgIpc) is 2.46. The average molecular weight is 263 g/mol. The predicted molar refractivity (Wildman–Crippen MR) is 73.5 cm³/mol. The molecule has 104 valence electrons. The number of nitrogens with zero attached hydrogens (tertiary/aromatic N) is 2. The second-order valence-electron chi connectivity index (χ2n) is 4.25. The van der Waals surface area contributed by atoms with Gasteiger partial charge in [-0.1, -0.05) is 6.92 Å². The minimum atomic E-state index is -0.515. The summed E-state index contributed by atoms with van der Waals surface area (Å²) in [7, 11) is 0. The Morgan fingerprint density at radius 1 is 1.26 bits per heavy atom. The van der Waals surface area contributed by atoms with Crippen molar-refractivity contribution in [3.8, 4) is 0 Å². The number of aromatic nitrogens is 1. The summed E-state index contributed by atoms with van der Waals surface area (Å²) < 4.78 is 0. The van der Waals surface area contributed by atoms with Gasteiger partial charge in [0.05, 0.1) is 0 Å².